The lowest BCUT2D eigenvalue weighted by molar-refractivity contribution is -0.140. The monoisotopic (exact) mass is 463 g/mol. The summed E-state index contributed by atoms with van der Waals surface area (Å²) >= 11 is 1.58. The number of aryl methyl sites for hydroxylation is 1. The normalized spacial score (nSPS) is 11.8. The highest BCUT2D eigenvalue weighted by molar-refractivity contribution is 7.14. The second-order valence-electron chi connectivity index (χ2n) is 8.28. The molecule has 2 N–H and O–H groups in total. The predicted octanol–water partition coefficient (Wildman–Crippen LogP) is 5.15. The van der Waals surface area contributed by atoms with Crippen LogP contribution in [0, 0.1) is 12.8 Å². The number of hydrogen-bond acceptors (Lipinski definition) is 5. The van der Waals surface area contributed by atoms with Crippen LogP contribution >= 0.6 is 11.3 Å². The summed E-state index contributed by atoms with van der Waals surface area (Å²) in [7, 11) is 0. The standard InChI is InChI=1S/C26H29N3O3S/c1-5-14-29(26-27-22(16-33-26)20-10-6-18(4)7-11-20)15-19-8-12-21(13-9-19)24(30)28-23(17(2)3)25(31)32/h5-13,16-17,23H,1,14-15H2,2-4H3,(H,28,30)(H,31,32). The topological polar surface area (TPSA) is 82.5 Å². The van der Waals surface area contributed by atoms with Gasteiger partial charge in [-0.2, -0.15) is 0 Å². The van der Waals surface area contributed by atoms with E-state index in [0.717, 1.165) is 22.0 Å². The van der Waals surface area contributed by atoms with Gasteiger partial charge in [0.25, 0.3) is 5.91 Å². The average Bonchev–Trinajstić information content (AvgIpc) is 3.27. The van der Waals surface area contributed by atoms with E-state index in [1.54, 1.807) is 37.3 Å². The van der Waals surface area contributed by atoms with Crippen LogP contribution in [0.5, 0.6) is 0 Å². The molecule has 3 aromatic rings. The van der Waals surface area contributed by atoms with E-state index < -0.39 is 17.9 Å². The highest BCUT2D eigenvalue weighted by atomic mass is 32.1. The maximum atomic E-state index is 12.5. The minimum atomic E-state index is -1.04. The molecule has 0 aliphatic rings. The van der Waals surface area contributed by atoms with Gasteiger partial charge >= 0.3 is 5.97 Å². The van der Waals surface area contributed by atoms with Crippen molar-refractivity contribution in [1.82, 2.24) is 10.3 Å². The Morgan fingerprint density at radius 1 is 1.15 bits per heavy atom. The molecule has 1 amide bonds. The number of carbonyl (C=O) groups excluding carboxylic acids is 1. The molecule has 0 bridgehead atoms. The number of amides is 1. The van der Waals surface area contributed by atoms with Crippen LogP contribution in [0.25, 0.3) is 11.3 Å². The first-order chi connectivity index (χ1) is 15.8. The van der Waals surface area contributed by atoms with Crippen molar-refractivity contribution in [1.29, 1.82) is 0 Å². The van der Waals surface area contributed by atoms with Crippen LogP contribution in [-0.4, -0.2) is 34.6 Å². The van der Waals surface area contributed by atoms with Gasteiger partial charge in [-0.1, -0.05) is 61.9 Å². The molecule has 1 unspecified atom stereocenters. The fourth-order valence-electron chi connectivity index (χ4n) is 3.35. The fraction of sp³-hybridized carbons (Fsp3) is 0.269. The number of hydrogen-bond donors (Lipinski definition) is 2. The van der Waals surface area contributed by atoms with Crippen LogP contribution in [0.1, 0.15) is 35.3 Å². The van der Waals surface area contributed by atoms with Crippen molar-refractivity contribution in [3.63, 3.8) is 0 Å². The number of rotatable bonds is 10. The molecule has 3 rings (SSSR count). The van der Waals surface area contributed by atoms with Crippen molar-refractivity contribution in [3.8, 4) is 11.3 Å². The number of aromatic nitrogens is 1. The first-order valence-corrected chi connectivity index (χ1v) is 11.7. The van der Waals surface area contributed by atoms with E-state index in [9.17, 15) is 14.7 Å². The van der Waals surface area contributed by atoms with E-state index in [4.69, 9.17) is 4.98 Å². The van der Waals surface area contributed by atoms with Gasteiger partial charge in [0, 0.05) is 29.6 Å². The maximum Gasteiger partial charge on any atom is 0.326 e. The maximum absolute atomic E-state index is 12.5. The number of nitrogens with one attached hydrogen (secondary N) is 1. The number of carboxylic acid groups (broad SMARTS) is 1. The van der Waals surface area contributed by atoms with Crippen molar-refractivity contribution < 1.29 is 14.7 Å². The largest absolute Gasteiger partial charge is 0.480 e. The summed E-state index contributed by atoms with van der Waals surface area (Å²) in [4.78, 5) is 30.8. The predicted molar refractivity (Wildman–Crippen MR) is 134 cm³/mol. The van der Waals surface area contributed by atoms with E-state index in [2.05, 4.69) is 53.4 Å². The van der Waals surface area contributed by atoms with Crippen molar-refractivity contribution >= 4 is 28.3 Å². The number of aliphatic carboxylic acids is 1. The minimum absolute atomic E-state index is 0.207. The molecule has 172 valence electrons. The zero-order valence-electron chi connectivity index (χ0n) is 19.1. The zero-order valence-corrected chi connectivity index (χ0v) is 19.9. The Kier molecular flexibility index (Phi) is 8.01. The summed E-state index contributed by atoms with van der Waals surface area (Å²) in [6.45, 7) is 10.7. The first-order valence-electron chi connectivity index (χ1n) is 10.8. The van der Waals surface area contributed by atoms with Crippen molar-refractivity contribution in [3.05, 3.63) is 83.3 Å². The molecule has 0 aliphatic heterocycles. The molecular formula is C26H29N3O3S. The van der Waals surface area contributed by atoms with Gasteiger partial charge < -0.3 is 15.3 Å². The van der Waals surface area contributed by atoms with Gasteiger partial charge in [-0.3, -0.25) is 4.79 Å². The lowest BCUT2D eigenvalue weighted by Crippen LogP contribution is -2.44. The molecule has 2 aromatic carbocycles. The Hall–Kier alpha value is -3.45. The van der Waals surface area contributed by atoms with E-state index in [-0.39, 0.29) is 5.92 Å². The Balaban J connectivity index is 1.71. The quantitative estimate of drug-likeness (QED) is 0.406. The van der Waals surface area contributed by atoms with Gasteiger partial charge in [0.15, 0.2) is 5.13 Å². The molecule has 33 heavy (non-hydrogen) atoms. The van der Waals surface area contributed by atoms with Gasteiger partial charge in [0.05, 0.1) is 5.69 Å². The van der Waals surface area contributed by atoms with Crippen molar-refractivity contribution in [2.45, 2.75) is 33.4 Å². The highest BCUT2D eigenvalue weighted by Gasteiger charge is 2.24. The molecule has 6 nitrogen and oxygen atoms in total. The zero-order chi connectivity index (χ0) is 24.0. The van der Waals surface area contributed by atoms with Gasteiger partial charge in [0.2, 0.25) is 0 Å². The lowest BCUT2D eigenvalue weighted by atomic mass is 10.0. The molecule has 1 heterocycles. The van der Waals surface area contributed by atoms with E-state index >= 15 is 0 Å². The van der Waals surface area contributed by atoms with E-state index in [1.807, 2.05) is 18.2 Å². The molecule has 0 saturated heterocycles. The second kappa shape index (κ2) is 10.9. The summed E-state index contributed by atoms with van der Waals surface area (Å²) < 4.78 is 0. The molecule has 0 radical (unpaired) electrons. The van der Waals surface area contributed by atoms with Gasteiger partial charge in [-0.25, -0.2) is 9.78 Å². The average molecular weight is 464 g/mol. The van der Waals surface area contributed by atoms with Crippen LogP contribution in [0.15, 0.2) is 66.6 Å². The molecule has 0 spiro atoms. The van der Waals surface area contributed by atoms with Crippen LogP contribution in [0.2, 0.25) is 0 Å². The van der Waals surface area contributed by atoms with Crippen LogP contribution in [0.4, 0.5) is 5.13 Å². The number of carboxylic acids is 1. The molecule has 0 saturated carbocycles. The Morgan fingerprint density at radius 3 is 2.39 bits per heavy atom. The molecule has 1 aromatic heterocycles. The Labute approximate surface area is 198 Å². The third-order valence-corrected chi connectivity index (χ3v) is 6.17. The van der Waals surface area contributed by atoms with E-state index in [0.29, 0.717) is 18.7 Å². The third kappa shape index (κ3) is 6.29. The summed E-state index contributed by atoms with van der Waals surface area (Å²) in [5.41, 5.74) is 4.67. The summed E-state index contributed by atoms with van der Waals surface area (Å²) in [6.07, 6.45) is 1.84. The second-order valence-corrected chi connectivity index (χ2v) is 9.12. The molecule has 0 aliphatic carbocycles. The number of thiazole rings is 1. The summed E-state index contributed by atoms with van der Waals surface area (Å²) in [5.74, 6) is -1.64. The fourth-order valence-corrected chi connectivity index (χ4v) is 4.20. The molecule has 1 atom stereocenters. The number of anilines is 1. The summed E-state index contributed by atoms with van der Waals surface area (Å²) in [6, 6.07) is 14.6. The molecular weight excluding hydrogens is 434 g/mol. The molecule has 0 fully saturated rings. The van der Waals surface area contributed by atoms with Gasteiger partial charge in [-0.15, -0.1) is 17.9 Å². The number of benzene rings is 2. The lowest BCUT2D eigenvalue weighted by Gasteiger charge is -2.20. The van der Waals surface area contributed by atoms with Crippen LogP contribution < -0.4 is 10.2 Å². The summed E-state index contributed by atoms with van der Waals surface area (Å²) in [5, 5.41) is 14.8. The van der Waals surface area contributed by atoms with Gasteiger partial charge in [0.1, 0.15) is 6.04 Å². The van der Waals surface area contributed by atoms with Crippen molar-refractivity contribution in [2.75, 3.05) is 11.4 Å². The van der Waals surface area contributed by atoms with Gasteiger partial charge in [-0.05, 0) is 30.5 Å². The molecule has 7 heteroatoms. The van der Waals surface area contributed by atoms with Crippen LogP contribution in [0.3, 0.4) is 0 Å². The van der Waals surface area contributed by atoms with Crippen molar-refractivity contribution in [2.24, 2.45) is 5.92 Å². The smallest absolute Gasteiger partial charge is 0.326 e. The number of nitrogens with zero attached hydrogens (tertiary/aromatic N) is 2. The minimum Gasteiger partial charge on any atom is -0.480 e. The van der Waals surface area contributed by atoms with E-state index in [1.165, 1.54) is 5.56 Å². The highest BCUT2D eigenvalue weighted by Crippen LogP contribution is 2.28. The SMILES string of the molecule is C=CCN(Cc1ccc(C(=O)NC(C(=O)O)C(C)C)cc1)c1nc(-c2ccc(C)cc2)cs1. The Morgan fingerprint density at radius 2 is 1.82 bits per heavy atom. The third-order valence-electron chi connectivity index (χ3n) is 5.27. The number of carbonyl (C=O) groups is 2. The van der Waals surface area contributed by atoms with Crippen LogP contribution in [-0.2, 0) is 11.3 Å². The first kappa shape index (κ1) is 24.2. The Bertz CT molecular complexity index is 1100.